The van der Waals surface area contributed by atoms with Crippen molar-refractivity contribution in [3.63, 3.8) is 0 Å². The van der Waals surface area contributed by atoms with E-state index in [4.69, 9.17) is 9.29 Å². The van der Waals surface area contributed by atoms with Crippen molar-refractivity contribution >= 4 is 45.1 Å². The first kappa shape index (κ1) is 21.7. The summed E-state index contributed by atoms with van der Waals surface area (Å²) < 4.78 is 38.8. The minimum atomic E-state index is -4.16. The van der Waals surface area contributed by atoms with Gasteiger partial charge >= 0.3 is 35.0 Å². The molecular weight excluding hydrogens is 300 g/mol. The third-order valence-corrected chi connectivity index (χ3v) is 2.82. The molecule has 20 heavy (non-hydrogen) atoms. The van der Waals surface area contributed by atoms with Crippen LogP contribution in [0.15, 0.2) is 12.2 Å². The second kappa shape index (κ2) is 11.1. The van der Waals surface area contributed by atoms with Crippen LogP contribution in [0.5, 0.6) is 0 Å². The molecule has 0 bridgehead atoms. The molecule has 0 fully saturated rings. The van der Waals surface area contributed by atoms with E-state index in [0.29, 0.717) is 6.42 Å². The molecular formula is C11H20MgO7S. The molecule has 0 saturated heterocycles. The first-order chi connectivity index (χ1) is 8.80. The maximum Gasteiger partial charge on any atom is 2.00 e. The van der Waals surface area contributed by atoms with Crippen LogP contribution in [0.1, 0.15) is 23.1 Å². The zero-order valence-corrected chi connectivity index (χ0v) is 13.8. The van der Waals surface area contributed by atoms with Crippen LogP contribution < -0.4 is 0 Å². The number of ether oxygens (including phenoxy) is 2. The van der Waals surface area contributed by atoms with Crippen molar-refractivity contribution in [3.05, 3.63) is 12.2 Å². The van der Waals surface area contributed by atoms with Gasteiger partial charge in [-0.05, 0) is 13.3 Å². The molecule has 0 amide bonds. The Bertz CT molecular complexity index is 440. The van der Waals surface area contributed by atoms with Crippen molar-refractivity contribution in [2.75, 3.05) is 19.0 Å². The molecule has 114 valence electrons. The number of esters is 2. The fraction of sp³-hybridized carbons (Fsp3) is 0.636. The molecule has 0 aromatic heterocycles. The van der Waals surface area contributed by atoms with Crippen LogP contribution in [0.2, 0.25) is 0 Å². The number of hydrogen-bond donors (Lipinski definition) is 1. The van der Waals surface area contributed by atoms with Crippen molar-refractivity contribution in [1.29, 1.82) is 0 Å². The first-order valence-corrected chi connectivity index (χ1v) is 7.32. The van der Waals surface area contributed by atoms with Crippen LogP contribution in [0.4, 0.5) is 0 Å². The van der Waals surface area contributed by atoms with E-state index in [1.807, 2.05) is 0 Å². The summed E-state index contributed by atoms with van der Waals surface area (Å²) in [4.78, 5) is 22.6. The zero-order valence-electron chi connectivity index (χ0n) is 13.6. The predicted octanol–water partition coefficient (Wildman–Crippen LogP) is 0.407. The Labute approximate surface area is 137 Å². The van der Waals surface area contributed by atoms with Gasteiger partial charge in [0.05, 0.1) is 5.92 Å². The van der Waals surface area contributed by atoms with Gasteiger partial charge in [0.2, 0.25) is 0 Å². The summed E-state index contributed by atoms with van der Waals surface area (Å²) >= 11 is 0. The van der Waals surface area contributed by atoms with E-state index < -0.39 is 40.3 Å². The van der Waals surface area contributed by atoms with Crippen molar-refractivity contribution in [2.24, 2.45) is 5.92 Å². The fourth-order valence-electron chi connectivity index (χ4n) is 1.08. The summed E-state index contributed by atoms with van der Waals surface area (Å²) in [6.07, 6.45) is 3.11. The Morgan fingerprint density at radius 2 is 1.95 bits per heavy atom. The summed E-state index contributed by atoms with van der Waals surface area (Å²) in [7, 11) is -4.16. The normalized spacial score (nSPS) is 12.6. The number of carbonyl (C=O) groups excluding carboxylic acids is 2. The van der Waals surface area contributed by atoms with E-state index in [-0.39, 0.29) is 32.5 Å². The van der Waals surface area contributed by atoms with Crippen LogP contribution in [0.25, 0.3) is 0 Å². The van der Waals surface area contributed by atoms with E-state index in [0.717, 1.165) is 0 Å². The SMILES string of the molecule is CC=CC(=O)OCC(CC)C(=O)OCCS(=O)(=O)O.[H-].[H-].[Mg+2]. The number of allylic oxidation sites excluding steroid dienone is 1. The van der Waals surface area contributed by atoms with Crippen molar-refractivity contribution < 1.29 is 34.9 Å². The Morgan fingerprint density at radius 1 is 1.35 bits per heavy atom. The monoisotopic (exact) mass is 320 g/mol. The molecule has 0 rings (SSSR count). The van der Waals surface area contributed by atoms with Gasteiger partial charge in [-0.15, -0.1) is 0 Å². The molecule has 1 unspecified atom stereocenters. The number of carbonyl (C=O) groups is 2. The largest absolute Gasteiger partial charge is 2.00 e. The zero-order chi connectivity index (χ0) is 14.9. The molecule has 7 nitrogen and oxygen atoms in total. The molecule has 0 aromatic carbocycles. The molecule has 0 aliphatic carbocycles. The van der Waals surface area contributed by atoms with E-state index in [9.17, 15) is 18.0 Å². The molecule has 1 N–H and O–H groups in total. The number of hydrogen-bond acceptors (Lipinski definition) is 6. The second-order valence-electron chi connectivity index (χ2n) is 3.69. The topological polar surface area (TPSA) is 107 Å². The molecule has 0 aliphatic heterocycles. The molecule has 0 heterocycles. The first-order valence-electron chi connectivity index (χ1n) is 5.71. The predicted molar refractivity (Wildman–Crippen MR) is 74.9 cm³/mol. The number of rotatable bonds is 8. The van der Waals surface area contributed by atoms with Gasteiger partial charge in [-0.25, -0.2) is 4.79 Å². The Hall–Kier alpha value is -0.644. The average Bonchev–Trinajstić information content (AvgIpc) is 2.28. The van der Waals surface area contributed by atoms with Crippen molar-refractivity contribution in [2.45, 2.75) is 20.3 Å². The second-order valence-corrected chi connectivity index (χ2v) is 5.26. The summed E-state index contributed by atoms with van der Waals surface area (Å²) in [6, 6.07) is 0. The molecule has 9 heteroatoms. The molecule has 0 aromatic rings. The fourth-order valence-corrected chi connectivity index (χ4v) is 1.38. The van der Waals surface area contributed by atoms with Gasteiger partial charge in [-0.2, -0.15) is 8.42 Å². The minimum Gasteiger partial charge on any atom is -1.00 e. The van der Waals surface area contributed by atoms with Crippen molar-refractivity contribution in [3.8, 4) is 0 Å². The molecule has 0 saturated carbocycles. The maximum absolute atomic E-state index is 11.5. The van der Waals surface area contributed by atoms with Crippen LogP contribution >= 0.6 is 0 Å². The third kappa shape index (κ3) is 11.2. The molecule has 0 spiro atoms. The van der Waals surface area contributed by atoms with E-state index in [1.54, 1.807) is 13.8 Å². The van der Waals surface area contributed by atoms with Crippen molar-refractivity contribution in [1.82, 2.24) is 0 Å². The summed E-state index contributed by atoms with van der Waals surface area (Å²) in [6.45, 7) is 2.79. The summed E-state index contributed by atoms with van der Waals surface area (Å²) in [5, 5.41) is 0. The standard InChI is InChI=1S/C11H18O7S.Mg.2H/c1-3-5-10(12)18-8-9(4-2)11(13)17-6-7-19(14,15)16;;;/h3,5,9H,4,6-8H2,1-2H3,(H,14,15,16);;;/q;+2;2*-1. The van der Waals surface area contributed by atoms with Gasteiger partial charge in [-0.3, -0.25) is 9.35 Å². The van der Waals surface area contributed by atoms with Gasteiger partial charge in [0.1, 0.15) is 19.0 Å². The van der Waals surface area contributed by atoms with E-state index in [1.165, 1.54) is 12.2 Å². The molecule has 0 radical (unpaired) electrons. The molecule has 1 atom stereocenters. The maximum atomic E-state index is 11.5. The quantitative estimate of drug-likeness (QED) is 0.298. The van der Waals surface area contributed by atoms with Gasteiger partial charge in [0, 0.05) is 6.08 Å². The van der Waals surface area contributed by atoms with Gasteiger partial charge in [0.25, 0.3) is 10.1 Å². The third-order valence-electron chi connectivity index (χ3n) is 2.14. The smallest absolute Gasteiger partial charge is 1.00 e. The average molecular weight is 321 g/mol. The van der Waals surface area contributed by atoms with Crippen LogP contribution in [0.3, 0.4) is 0 Å². The Balaban J connectivity index is -0.000000540. The van der Waals surface area contributed by atoms with E-state index >= 15 is 0 Å². The van der Waals surface area contributed by atoms with Gasteiger partial charge < -0.3 is 12.3 Å². The van der Waals surface area contributed by atoms with Crippen LogP contribution in [-0.2, 0) is 29.2 Å². The molecule has 0 aliphatic rings. The van der Waals surface area contributed by atoms with Gasteiger partial charge in [-0.1, -0.05) is 13.0 Å². The van der Waals surface area contributed by atoms with E-state index in [2.05, 4.69) is 4.74 Å². The van der Waals surface area contributed by atoms with Gasteiger partial charge in [0.15, 0.2) is 0 Å². The minimum absolute atomic E-state index is 0. The summed E-state index contributed by atoms with van der Waals surface area (Å²) in [5.74, 6) is -2.55. The van der Waals surface area contributed by atoms with Crippen LogP contribution in [0, 0.1) is 5.92 Å². The van der Waals surface area contributed by atoms with Crippen LogP contribution in [-0.4, -0.2) is 66.9 Å². The Morgan fingerprint density at radius 3 is 2.40 bits per heavy atom. The Kier molecular flexibility index (Phi) is 12.0. The summed E-state index contributed by atoms with van der Waals surface area (Å²) in [5.41, 5.74) is 0.